The van der Waals surface area contributed by atoms with Crippen molar-refractivity contribution in [3.63, 3.8) is 0 Å². The number of halogens is 1. The maximum Gasteiger partial charge on any atom is 0.417 e. The molecule has 0 unspecified atom stereocenters. The van der Waals surface area contributed by atoms with Gasteiger partial charge in [0.2, 0.25) is 0 Å². The molecule has 1 aromatic heterocycles. The van der Waals surface area contributed by atoms with Crippen molar-refractivity contribution in [2.45, 2.75) is 44.4 Å². The number of hydrogen-bond donors (Lipinski definition) is 1. The summed E-state index contributed by atoms with van der Waals surface area (Å²) in [6.07, 6.45) is -1.83. The van der Waals surface area contributed by atoms with Crippen molar-refractivity contribution in [1.82, 2.24) is 4.90 Å². The quantitative estimate of drug-likeness (QED) is 0.223. The summed E-state index contributed by atoms with van der Waals surface area (Å²) in [7, 11) is 1.30. The van der Waals surface area contributed by atoms with Crippen molar-refractivity contribution in [2.75, 3.05) is 46.8 Å². The number of carbonyl (C=O) groups is 3. The number of rotatable bonds is 16. The van der Waals surface area contributed by atoms with E-state index in [1.165, 1.54) is 14.0 Å². The van der Waals surface area contributed by atoms with Gasteiger partial charge in [-0.1, -0.05) is 30.3 Å². The van der Waals surface area contributed by atoms with Gasteiger partial charge in [0.05, 0.1) is 36.9 Å². The van der Waals surface area contributed by atoms with Gasteiger partial charge in [0, 0.05) is 27.1 Å². The van der Waals surface area contributed by atoms with Gasteiger partial charge in [-0.05, 0) is 40.4 Å². The standard InChI is InChI=1S/C27H34BrNO10/c1-18(31)38-24(23-16-21(28)22(39-23)9-6-11-35-13-14-36-12-10-30)25(34-2)26(32)29-20(17-37-27(29)33)15-19-7-4-3-5-8-19/h3-5,7-8,16,20,24-25,30H,6,9-15,17H2,1-2H3/t20-,24+,25-/m0/s1. The number of cyclic esters (lactones) is 1. The highest BCUT2D eigenvalue weighted by molar-refractivity contribution is 9.10. The molecule has 1 aliphatic rings. The number of nitrogens with zero attached hydrogens (tertiary/aromatic N) is 1. The molecule has 0 saturated carbocycles. The number of amides is 2. The summed E-state index contributed by atoms with van der Waals surface area (Å²) in [4.78, 5) is 39.2. The van der Waals surface area contributed by atoms with Gasteiger partial charge in [0.15, 0.2) is 12.2 Å². The zero-order valence-corrected chi connectivity index (χ0v) is 23.6. The van der Waals surface area contributed by atoms with Crippen molar-refractivity contribution in [3.05, 3.63) is 58.0 Å². The summed E-state index contributed by atoms with van der Waals surface area (Å²) < 4.78 is 33.4. The number of furan rings is 1. The molecule has 2 heterocycles. The molecule has 11 nitrogen and oxygen atoms in total. The van der Waals surface area contributed by atoms with Crippen LogP contribution in [0, 0.1) is 0 Å². The number of aliphatic hydroxyl groups excluding tert-OH is 1. The fraction of sp³-hybridized carbons (Fsp3) is 0.519. The Morgan fingerprint density at radius 1 is 1.15 bits per heavy atom. The molecule has 12 heteroatoms. The van der Waals surface area contributed by atoms with Crippen LogP contribution in [0.5, 0.6) is 0 Å². The number of ether oxygens (including phenoxy) is 5. The highest BCUT2D eigenvalue weighted by atomic mass is 79.9. The molecule has 3 rings (SSSR count). The molecule has 3 atom stereocenters. The summed E-state index contributed by atoms with van der Waals surface area (Å²) in [5.74, 6) is -0.575. The van der Waals surface area contributed by atoms with Crippen LogP contribution in [0.2, 0.25) is 0 Å². The van der Waals surface area contributed by atoms with E-state index in [2.05, 4.69) is 15.9 Å². The highest BCUT2D eigenvalue weighted by Crippen LogP contribution is 2.33. The average molecular weight is 612 g/mol. The van der Waals surface area contributed by atoms with Crippen LogP contribution in [0.15, 0.2) is 45.3 Å². The van der Waals surface area contributed by atoms with Crippen LogP contribution in [0.3, 0.4) is 0 Å². The van der Waals surface area contributed by atoms with E-state index in [1.54, 1.807) is 6.07 Å². The Hall–Kier alpha value is -2.77. The van der Waals surface area contributed by atoms with Crippen molar-refractivity contribution in [2.24, 2.45) is 0 Å². The van der Waals surface area contributed by atoms with Gasteiger partial charge in [-0.25, -0.2) is 9.69 Å². The summed E-state index contributed by atoms with van der Waals surface area (Å²) >= 11 is 3.46. The van der Waals surface area contributed by atoms with Crippen LogP contribution in [0.1, 0.15) is 36.5 Å². The molecule has 2 aromatic rings. The van der Waals surface area contributed by atoms with Gasteiger partial charge in [-0.3, -0.25) is 9.59 Å². The number of carbonyl (C=O) groups excluding carboxylic acids is 3. The van der Waals surface area contributed by atoms with Crippen molar-refractivity contribution >= 4 is 33.9 Å². The first-order valence-electron chi connectivity index (χ1n) is 12.6. The summed E-state index contributed by atoms with van der Waals surface area (Å²) in [6, 6.07) is 10.5. The van der Waals surface area contributed by atoms with E-state index in [0.29, 0.717) is 49.3 Å². The first-order valence-corrected chi connectivity index (χ1v) is 13.4. The predicted octanol–water partition coefficient (Wildman–Crippen LogP) is 3.21. The van der Waals surface area contributed by atoms with Gasteiger partial charge in [0.25, 0.3) is 5.91 Å². The highest BCUT2D eigenvalue weighted by Gasteiger charge is 2.45. The lowest BCUT2D eigenvalue weighted by molar-refractivity contribution is -0.164. The lowest BCUT2D eigenvalue weighted by atomic mass is 10.0. The number of esters is 1. The normalized spacial score (nSPS) is 16.7. The van der Waals surface area contributed by atoms with Crippen molar-refractivity contribution in [1.29, 1.82) is 0 Å². The Morgan fingerprint density at radius 3 is 2.54 bits per heavy atom. The smallest absolute Gasteiger partial charge is 0.417 e. The maximum absolute atomic E-state index is 13.6. The van der Waals surface area contributed by atoms with E-state index >= 15 is 0 Å². The fourth-order valence-corrected chi connectivity index (χ4v) is 4.67. The number of imide groups is 1. The Kier molecular flexibility index (Phi) is 12.4. The molecule has 0 radical (unpaired) electrons. The number of methoxy groups -OCH3 is 1. The summed E-state index contributed by atoms with van der Waals surface area (Å²) in [5, 5.41) is 8.70. The van der Waals surface area contributed by atoms with Crippen LogP contribution in [-0.4, -0.2) is 86.9 Å². The van der Waals surface area contributed by atoms with Crippen molar-refractivity contribution in [3.8, 4) is 0 Å². The second-order valence-electron chi connectivity index (χ2n) is 8.79. The third-order valence-corrected chi connectivity index (χ3v) is 6.61. The van der Waals surface area contributed by atoms with Gasteiger partial charge in [-0.15, -0.1) is 0 Å². The molecule has 1 N–H and O–H groups in total. The molecule has 0 bridgehead atoms. The first kappa shape index (κ1) is 30.8. The van der Waals surface area contributed by atoms with E-state index < -0.39 is 36.2 Å². The van der Waals surface area contributed by atoms with Crippen molar-refractivity contribution < 1.29 is 47.6 Å². The predicted molar refractivity (Wildman–Crippen MR) is 141 cm³/mol. The van der Waals surface area contributed by atoms with Gasteiger partial charge >= 0.3 is 12.1 Å². The van der Waals surface area contributed by atoms with Crippen LogP contribution < -0.4 is 0 Å². The minimum Gasteiger partial charge on any atom is -0.461 e. The number of hydrogen-bond acceptors (Lipinski definition) is 10. The summed E-state index contributed by atoms with van der Waals surface area (Å²) in [5.41, 5.74) is 0.936. The molecule has 0 aliphatic carbocycles. The number of aryl methyl sites for hydroxylation is 1. The maximum atomic E-state index is 13.6. The van der Waals surface area contributed by atoms with Crippen LogP contribution in [-0.2, 0) is 46.1 Å². The summed E-state index contributed by atoms with van der Waals surface area (Å²) in [6.45, 7) is 2.75. The molecule has 1 fully saturated rings. The van der Waals surface area contributed by atoms with Crippen LogP contribution in [0.25, 0.3) is 0 Å². The molecule has 2 amide bonds. The number of benzene rings is 1. The first-order chi connectivity index (χ1) is 18.8. The van der Waals surface area contributed by atoms with Gasteiger partial charge in [0.1, 0.15) is 18.1 Å². The Balaban J connectivity index is 1.70. The van der Waals surface area contributed by atoms with E-state index in [4.69, 9.17) is 33.2 Å². The minimum atomic E-state index is -1.36. The third-order valence-electron chi connectivity index (χ3n) is 5.93. The molecule has 1 aromatic carbocycles. The molecule has 1 saturated heterocycles. The average Bonchev–Trinajstić information content (AvgIpc) is 3.47. The lowest BCUT2D eigenvalue weighted by Crippen LogP contribution is -2.48. The lowest BCUT2D eigenvalue weighted by Gasteiger charge is -2.28. The zero-order valence-electron chi connectivity index (χ0n) is 22.0. The van der Waals surface area contributed by atoms with E-state index in [1.807, 2.05) is 30.3 Å². The van der Waals surface area contributed by atoms with Crippen LogP contribution >= 0.6 is 15.9 Å². The van der Waals surface area contributed by atoms with E-state index in [-0.39, 0.29) is 25.6 Å². The monoisotopic (exact) mass is 611 g/mol. The zero-order chi connectivity index (χ0) is 28.2. The Labute approximate surface area is 235 Å². The van der Waals surface area contributed by atoms with E-state index in [0.717, 1.165) is 10.5 Å². The molecule has 214 valence electrons. The molecule has 0 spiro atoms. The second-order valence-corrected chi connectivity index (χ2v) is 9.64. The molecular weight excluding hydrogens is 578 g/mol. The SMILES string of the molecule is CO[C@H](C(=O)N1C(=O)OC[C@@H]1Cc1ccccc1)[C@H](OC(C)=O)c1cc(Br)c(CCCOCCOCCO)o1. The Morgan fingerprint density at radius 2 is 1.87 bits per heavy atom. The van der Waals surface area contributed by atoms with Gasteiger partial charge < -0.3 is 33.2 Å². The second kappa shape index (κ2) is 15.7. The topological polar surface area (TPSA) is 134 Å². The number of aliphatic hydroxyl groups is 1. The molecular formula is C27H34BrNO10. The third kappa shape index (κ3) is 8.87. The largest absolute Gasteiger partial charge is 0.461 e. The molecule has 1 aliphatic heterocycles. The van der Waals surface area contributed by atoms with E-state index in [9.17, 15) is 14.4 Å². The fourth-order valence-electron chi connectivity index (χ4n) is 4.16. The Bertz CT molecular complexity index is 1080. The van der Waals surface area contributed by atoms with Crippen LogP contribution in [0.4, 0.5) is 4.79 Å². The molecule has 39 heavy (non-hydrogen) atoms. The van der Waals surface area contributed by atoms with Gasteiger partial charge in [-0.2, -0.15) is 0 Å². The minimum absolute atomic E-state index is 0.0326.